The molecule has 0 aliphatic heterocycles. The topological polar surface area (TPSA) is 86.7 Å². The monoisotopic (exact) mass is 622 g/mol. The number of hydrogen-bond acceptors (Lipinski definition) is 6. The van der Waals surface area contributed by atoms with E-state index >= 15 is 0 Å². The molecule has 0 heterocycles. The van der Waals surface area contributed by atoms with Crippen molar-refractivity contribution < 1.29 is 28.7 Å². The summed E-state index contributed by atoms with van der Waals surface area (Å²) in [6, 6.07) is 35.4. The molecule has 0 saturated carbocycles. The van der Waals surface area contributed by atoms with Crippen molar-refractivity contribution in [3.05, 3.63) is 177 Å². The molecule has 0 bridgehead atoms. The molecule has 0 N–H and O–H groups in total. The molecule has 8 heteroatoms. The first-order chi connectivity index (χ1) is 21.3. The highest BCUT2D eigenvalue weighted by Crippen LogP contribution is 2.28. The number of carbonyl (C=O) groups is 4. The van der Waals surface area contributed by atoms with Gasteiger partial charge >= 0.3 is 11.9 Å². The third kappa shape index (κ3) is 7.29. The molecule has 5 rings (SSSR count). The molecule has 0 unspecified atom stereocenters. The molecule has 0 aromatic heterocycles. The summed E-state index contributed by atoms with van der Waals surface area (Å²) in [5.41, 5.74) is 1.59. The first-order valence-electron chi connectivity index (χ1n) is 13.5. The Bertz CT molecular complexity index is 1660. The van der Waals surface area contributed by atoms with Crippen LogP contribution in [0.4, 0.5) is 0 Å². The summed E-state index contributed by atoms with van der Waals surface area (Å²) < 4.78 is 11.4. The second-order valence-corrected chi connectivity index (χ2v) is 10.6. The molecule has 0 fully saturated rings. The van der Waals surface area contributed by atoms with Crippen LogP contribution in [0.25, 0.3) is 0 Å². The molecular weight excluding hydrogens is 599 g/mol. The average Bonchev–Trinajstić information content (AvgIpc) is 3.07. The maximum absolute atomic E-state index is 13.4. The Morgan fingerprint density at radius 1 is 0.432 bits per heavy atom. The van der Waals surface area contributed by atoms with Crippen molar-refractivity contribution in [2.24, 2.45) is 0 Å². The fourth-order valence-electron chi connectivity index (χ4n) is 4.45. The summed E-state index contributed by atoms with van der Waals surface area (Å²) in [5.74, 6) is -2.53. The highest BCUT2D eigenvalue weighted by atomic mass is 35.5. The van der Waals surface area contributed by atoms with Gasteiger partial charge in [-0.1, -0.05) is 114 Å². The lowest BCUT2D eigenvalue weighted by molar-refractivity contribution is 0.0273. The number of carbonyl (C=O) groups excluding carboxylic acids is 4. The third-order valence-electron chi connectivity index (χ3n) is 6.72. The van der Waals surface area contributed by atoms with Crippen LogP contribution in [-0.2, 0) is 9.47 Å². The summed E-state index contributed by atoms with van der Waals surface area (Å²) in [7, 11) is 0. The first-order valence-corrected chi connectivity index (χ1v) is 14.3. The third-order valence-corrected chi connectivity index (χ3v) is 7.23. The van der Waals surface area contributed by atoms with E-state index in [1.165, 1.54) is 24.3 Å². The van der Waals surface area contributed by atoms with Gasteiger partial charge in [0.2, 0.25) is 11.6 Å². The number of hydrogen-bond donors (Lipinski definition) is 0. The van der Waals surface area contributed by atoms with Gasteiger partial charge in [-0.05, 0) is 42.5 Å². The van der Waals surface area contributed by atoms with Crippen molar-refractivity contribution in [2.45, 2.75) is 12.2 Å². The van der Waals surface area contributed by atoms with Crippen LogP contribution in [0.1, 0.15) is 64.8 Å². The summed E-state index contributed by atoms with van der Waals surface area (Å²) in [4.78, 5) is 53.5. The van der Waals surface area contributed by atoms with Crippen LogP contribution in [0.5, 0.6) is 0 Å². The molecule has 0 amide bonds. The van der Waals surface area contributed by atoms with E-state index in [2.05, 4.69) is 0 Å². The quantitative estimate of drug-likeness (QED) is 0.114. The second kappa shape index (κ2) is 14.0. The molecular formula is C36H24Cl2O6. The number of esters is 2. The lowest BCUT2D eigenvalue weighted by Crippen LogP contribution is -2.21. The normalized spacial score (nSPS) is 12.0. The van der Waals surface area contributed by atoms with Gasteiger partial charge in [0.05, 0.1) is 11.1 Å². The van der Waals surface area contributed by atoms with Gasteiger partial charge in [0.15, 0.2) is 12.2 Å². The second-order valence-electron chi connectivity index (χ2n) is 9.72. The molecule has 5 aromatic carbocycles. The smallest absolute Gasteiger partial charge is 0.339 e. The Hall–Kier alpha value is -5.04. The number of benzene rings is 5. The Morgan fingerprint density at radius 2 is 0.773 bits per heavy atom. The minimum Gasteiger partial charge on any atom is -0.445 e. The van der Waals surface area contributed by atoms with Gasteiger partial charge in [-0.3, -0.25) is 9.59 Å². The fourth-order valence-corrected chi connectivity index (χ4v) is 4.70. The minimum absolute atomic E-state index is 0.0108. The van der Waals surface area contributed by atoms with Crippen LogP contribution in [0.15, 0.2) is 133 Å². The zero-order valence-corrected chi connectivity index (χ0v) is 24.6. The molecule has 5 aromatic rings. The molecule has 0 spiro atoms. The molecule has 6 nitrogen and oxygen atoms in total. The predicted molar refractivity (Wildman–Crippen MR) is 167 cm³/mol. The van der Waals surface area contributed by atoms with Gasteiger partial charge in [0.1, 0.15) is 0 Å². The van der Waals surface area contributed by atoms with E-state index in [4.69, 9.17) is 32.7 Å². The molecule has 2 atom stereocenters. The summed E-state index contributed by atoms with van der Waals surface area (Å²) in [6.07, 6.45) is -2.54. The zero-order valence-electron chi connectivity index (χ0n) is 23.1. The molecule has 0 aliphatic rings. The van der Waals surface area contributed by atoms with Gasteiger partial charge in [-0.15, -0.1) is 0 Å². The summed E-state index contributed by atoms with van der Waals surface area (Å²) in [6.45, 7) is 0. The Morgan fingerprint density at radius 3 is 1.14 bits per heavy atom. The van der Waals surface area contributed by atoms with Crippen LogP contribution < -0.4 is 0 Å². The first kappa shape index (κ1) is 30.4. The van der Waals surface area contributed by atoms with Gasteiger partial charge in [-0.25, -0.2) is 9.59 Å². The van der Waals surface area contributed by atoms with Crippen molar-refractivity contribution in [1.82, 2.24) is 0 Å². The largest absolute Gasteiger partial charge is 0.445 e. The van der Waals surface area contributed by atoms with E-state index in [1.807, 2.05) is 0 Å². The highest BCUT2D eigenvalue weighted by molar-refractivity contribution is 6.30. The van der Waals surface area contributed by atoms with Gasteiger partial charge < -0.3 is 9.47 Å². The zero-order chi connectivity index (χ0) is 31.1. The average molecular weight is 623 g/mol. The Kier molecular flexibility index (Phi) is 9.65. The summed E-state index contributed by atoms with van der Waals surface area (Å²) >= 11 is 12.1. The van der Waals surface area contributed by atoms with Crippen LogP contribution in [0.2, 0.25) is 10.0 Å². The van der Waals surface area contributed by atoms with Crippen molar-refractivity contribution >= 4 is 46.7 Å². The van der Waals surface area contributed by atoms with Crippen molar-refractivity contribution in [3.63, 3.8) is 0 Å². The Labute approximate surface area is 263 Å². The molecule has 0 saturated heterocycles. The lowest BCUT2D eigenvalue weighted by Gasteiger charge is -2.19. The van der Waals surface area contributed by atoms with E-state index < -0.39 is 35.7 Å². The predicted octanol–water partition coefficient (Wildman–Crippen LogP) is 8.56. The van der Waals surface area contributed by atoms with E-state index in [-0.39, 0.29) is 11.1 Å². The minimum atomic E-state index is -1.27. The van der Waals surface area contributed by atoms with Gasteiger partial charge in [0.25, 0.3) is 0 Å². The molecule has 0 radical (unpaired) electrons. The van der Waals surface area contributed by atoms with E-state index in [0.717, 1.165) is 0 Å². The van der Waals surface area contributed by atoms with Crippen LogP contribution >= 0.6 is 23.2 Å². The number of halogens is 2. The maximum Gasteiger partial charge on any atom is 0.339 e. The molecule has 218 valence electrons. The molecule has 0 aliphatic carbocycles. The Balaban J connectivity index is 1.40. The van der Waals surface area contributed by atoms with E-state index in [9.17, 15) is 19.2 Å². The van der Waals surface area contributed by atoms with Crippen LogP contribution in [-0.4, -0.2) is 23.5 Å². The van der Waals surface area contributed by atoms with Crippen molar-refractivity contribution in [3.8, 4) is 0 Å². The van der Waals surface area contributed by atoms with Gasteiger partial charge in [-0.2, -0.15) is 0 Å². The number of Topliss-reactive ketones (excluding diaryl/α,β-unsaturated/α-hetero) is 2. The van der Waals surface area contributed by atoms with E-state index in [1.54, 1.807) is 109 Å². The standard InChI is InChI=1S/C36H24Cl2O6/c37-29-18-14-25(15-19-29)33(31(39)23-8-3-1-4-9-23)43-35(41)27-12-7-13-28(22-27)36(42)44-34(26-16-20-30(38)21-17-26)32(40)24-10-5-2-6-11-24/h1-22,33-34H/t33-,34+. The van der Waals surface area contributed by atoms with Crippen LogP contribution in [0, 0.1) is 0 Å². The SMILES string of the molecule is O=C(O[C@H](C(=O)c1ccccc1)c1ccc(Cl)cc1)c1cccc(C(=O)O[C@@H](C(=O)c2ccccc2)c2ccc(Cl)cc2)c1. The van der Waals surface area contributed by atoms with E-state index in [0.29, 0.717) is 32.3 Å². The number of ketones is 2. The van der Waals surface area contributed by atoms with Crippen molar-refractivity contribution in [1.29, 1.82) is 0 Å². The molecule has 44 heavy (non-hydrogen) atoms. The lowest BCUT2D eigenvalue weighted by atomic mass is 9.99. The summed E-state index contributed by atoms with van der Waals surface area (Å²) in [5, 5.41) is 0.916. The fraction of sp³-hybridized carbons (Fsp3) is 0.0556. The number of rotatable bonds is 10. The van der Waals surface area contributed by atoms with Crippen molar-refractivity contribution in [2.75, 3.05) is 0 Å². The number of ether oxygens (including phenoxy) is 2. The maximum atomic E-state index is 13.4. The highest BCUT2D eigenvalue weighted by Gasteiger charge is 2.29. The van der Waals surface area contributed by atoms with Crippen LogP contribution in [0.3, 0.4) is 0 Å². The van der Waals surface area contributed by atoms with Gasteiger partial charge in [0, 0.05) is 32.3 Å².